The van der Waals surface area contributed by atoms with Crippen LogP contribution < -0.4 is 0 Å². The van der Waals surface area contributed by atoms with Crippen LogP contribution >= 0.6 is 0 Å². The second-order valence-corrected chi connectivity index (χ2v) is 3.13. The summed E-state index contributed by atoms with van der Waals surface area (Å²) in [7, 11) is 0. The van der Waals surface area contributed by atoms with Crippen LogP contribution in [0.1, 0.15) is 26.7 Å². The first-order valence-corrected chi connectivity index (χ1v) is 4.01. The Bertz CT molecular complexity index is 184. The molecule has 0 aromatic carbocycles. The van der Waals surface area contributed by atoms with Crippen molar-refractivity contribution in [3.8, 4) is 0 Å². The van der Waals surface area contributed by atoms with E-state index in [0.29, 0.717) is 11.5 Å². The summed E-state index contributed by atoms with van der Waals surface area (Å²) in [4.78, 5) is 10.9. The Morgan fingerprint density at radius 2 is 2.36 bits per heavy atom. The zero-order chi connectivity index (χ0) is 8.43. The van der Waals surface area contributed by atoms with Crippen LogP contribution in [0, 0.1) is 5.92 Å². The second-order valence-electron chi connectivity index (χ2n) is 3.13. The highest BCUT2D eigenvalue weighted by atomic mass is 16.5. The molecule has 1 aliphatic rings. The van der Waals surface area contributed by atoms with Crippen molar-refractivity contribution >= 4 is 5.97 Å². The van der Waals surface area contributed by atoms with Gasteiger partial charge in [-0.1, -0.05) is 13.5 Å². The Kier molecular flexibility index (Phi) is 2.32. The van der Waals surface area contributed by atoms with Gasteiger partial charge in [-0.2, -0.15) is 0 Å². The van der Waals surface area contributed by atoms with E-state index >= 15 is 0 Å². The summed E-state index contributed by atoms with van der Waals surface area (Å²) in [5.74, 6) is 0.365. The molecule has 2 nitrogen and oxygen atoms in total. The molecule has 0 N–H and O–H groups in total. The van der Waals surface area contributed by atoms with Gasteiger partial charge in [-0.15, -0.1) is 0 Å². The summed E-state index contributed by atoms with van der Waals surface area (Å²) in [6.45, 7) is 7.29. The molecular weight excluding hydrogens is 140 g/mol. The molecular formula is C9H14O2. The predicted octanol–water partition coefficient (Wildman–Crippen LogP) is 1.90. The Balaban J connectivity index is 2.23. The van der Waals surface area contributed by atoms with Gasteiger partial charge < -0.3 is 4.74 Å². The minimum absolute atomic E-state index is 0.184. The SMILES string of the molecule is C=C(C)C(=O)OC1CC1CC. The van der Waals surface area contributed by atoms with Gasteiger partial charge in [0.25, 0.3) is 0 Å². The van der Waals surface area contributed by atoms with Gasteiger partial charge in [0, 0.05) is 5.57 Å². The van der Waals surface area contributed by atoms with E-state index in [1.54, 1.807) is 6.92 Å². The fraction of sp³-hybridized carbons (Fsp3) is 0.667. The van der Waals surface area contributed by atoms with Gasteiger partial charge in [0.15, 0.2) is 0 Å². The quantitative estimate of drug-likeness (QED) is 0.458. The van der Waals surface area contributed by atoms with Crippen LogP contribution in [-0.4, -0.2) is 12.1 Å². The maximum atomic E-state index is 10.9. The van der Waals surface area contributed by atoms with E-state index < -0.39 is 0 Å². The fourth-order valence-electron chi connectivity index (χ4n) is 1.03. The van der Waals surface area contributed by atoms with Crippen molar-refractivity contribution in [1.29, 1.82) is 0 Å². The Morgan fingerprint density at radius 3 is 2.73 bits per heavy atom. The number of rotatable bonds is 3. The second kappa shape index (κ2) is 3.07. The lowest BCUT2D eigenvalue weighted by atomic mass is 10.3. The Hall–Kier alpha value is -0.790. The summed E-state index contributed by atoms with van der Waals surface area (Å²) < 4.78 is 5.09. The molecule has 0 radical (unpaired) electrons. The molecule has 1 rings (SSSR count). The largest absolute Gasteiger partial charge is 0.459 e. The van der Waals surface area contributed by atoms with E-state index in [-0.39, 0.29) is 12.1 Å². The van der Waals surface area contributed by atoms with Crippen molar-refractivity contribution < 1.29 is 9.53 Å². The molecule has 0 aromatic rings. The van der Waals surface area contributed by atoms with Crippen molar-refractivity contribution in [3.05, 3.63) is 12.2 Å². The highest BCUT2D eigenvalue weighted by Crippen LogP contribution is 2.36. The maximum Gasteiger partial charge on any atom is 0.333 e. The van der Waals surface area contributed by atoms with Gasteiger partial charge in [0.05, 0.1) is 0 Å². The van der Waals surface area contributed by atoms with Crippen LogP contribution in [0.3, 0.4) is 0 Å². The number of esters is 1. The van der Waals surface area contributed by atoms with Crippen LogP contribution in [0.15, 0.2) is 12.2 Å². The molecule has 2 heteroatoms. The number of ether oxygens (including phenoxy) is 1. The van der Waals surface area contributed by atoms with Gasteiger partial charge >= 0.3 is 5.97 Å². The van der Waals surface area contributed by atoms with Gasteiger partial charge in [0.2, 0.25) is 0 Å². The fourth-order valence-corrected chi connectivity index (χ4v) is 1.03. The molecule has 0 saturated heterocycles. The van der Waals surface area contributed by atoms with E-state index in [1.165, 1.54) is 0 Å². The van der Waals surface area contributed by atoms with E-state index in [2.05, 4.69) is 13.5 Å². The topological polar surface area (TPSA) is 26.3 Å². The minimum atomic E-state index is -0.244. The lowest BCUT2D eigenvalue weighted by Gasteiger charge is -2.01. The molecule has 0 aromatic heterocycles. The van der Waals surface area contributed by atoms with Crippen molar-refractivity contribution in [2.75, 3.05) is 0 Å². The third-order valence-corrected chi connectivity index (χ3v) is 1.99. The smallest absolute Gasteiger partial charge is 0.333 e. The average Bonchev–Trinajstić information content (AvgIpc) is 2.67. The first-order valence-electron chi connectivity index (χ1n) is 4.01. The van der Waals surface area contributed by atoms with E-state index in [9.17, 15) is 4.79 Å². The summed E-state index contributed by atoms with van der Waals surface area (Å²) in [6, 6.07) is 0. The highest BCUT2D eigenvalue weighted by molar-refractivity contribution is 5.87. The molecule has 0 bridgehead atoms. The minimum Gasteiger partial charge on any atom is -0.459 e. The Labute approximate surface area is 67.2 Å². The number of carbonyl (C=O) groups excluding carboxylic acids is 1. The van der Waals surface area contributed by atoms with Crippen molar-refractivity contribution in [3.63, 3.8) is 0 Å². The first-order chi connectivity index (χ1) is 5.15. The monoisotopic (exact) mass is 154 g/mol. The van der Waals surface area contributed by atoms with Crippen LogP contribution in [0.2, 0.25) is 0 Å². The summed E-state index contributed by atoms with van der Waals surface area (Å²) in [6.07, 6.45) is 2.33. The van der Waals surface area contributed by atoms with Crippen LogP contribution in [0.5, 0.6) is 0 Å². The molecule has 0 aliphatic heterocycles. The summed E-state index contributed by atoms with van der Waals surface area (Å²) >= 11 is 0. The van der Waals surface area contributed by atoms with Crippen LogP contribution in [0.25, 0.3) is 0 Å². The standard InChI is InChI=1S/C9H14O2/c1-4-7-5-8(7)11-9(10)6(2)3/h7-8H,2,4-5H2,1,3H3. The third kappa shape index (κ3) is 2.07. The van der Waals surface area contributed by atoms with Gasteiger partial charge in [-0.3, -0.25) is 0 Å². The number of hydrogen-bond donors (Lipinski definition) is 0. The summed E-state index contributed by atoms with van der Waals surface area (Å²) in [5, 5.41) is 0. The van der Waals surface area contributed by atoms with Crippen molar-refractivity contribution in [1.82, 2.24) is 0 Å². The maximum absolute atomic E-state index is 10.9. The molecule has 0 spiro atoms. The van der Waals surface area contributed by atoms with Crippen molar-refractivity contribution in [2.24, 2.45) is 5.92 Å². The lowest BCUT2D eigenvalue weighted by molar-refractivity contribution is -0.140. The zero-order valence-corrected chi connectivity index (χ0v) is 7.09. The number of hydrogen-bond acceptors (Lipinski definition) is 2. The van der Waals surface area contributed by atoms with E-state index in [4.69, 9.17) is 4.74 Å². The lowest BCUT2D eigenvalue weighted by Crippen LogP contribution is -2.07. The molecule has 0 heterocycles. The molecule has 2 atom stereocenters. The molecule has 1 aliphatic carbocycles. The van der Waals surface area contributed by atoms with Gasteiger partial charge in [-0.05, 0) is 25.7 Å². The van der Waals surface area contributed by atoms with Crippen LogP contribution in [-0.2, 0) is 9.53 Å². The third-order valence-electron chi connectivity index (χ3n) is 1.99. The number of carbonyl (C=O) groups is 1. The molecule has 2 unspecified atom stereocenters. The van der Waals surface area contributed by atoms with Crippen LogP contribution in [0.4, 0.5) is 0 Å². The molecule has 0 amide bonds. The predicted molar refractivity (Wildman–Crippen MR) is 43.1 cm³/mol. The average molecular weight is 154 g/mol. The van der Waals surface area contributed by atoms with Gasteiger partial charge in [0.1, 0.15) is 6.10 Å². The molecule has 1 fully saturated rings. The Morgan fingerprint density at radius 1 is 1.73 bits per heavy atom. The van der Waals surface area contributed by atoms with E-state index in [1.807, 2.05) is 0 Å². The molecule has 1 saturated carbocycles. The first kappa shape index (κ1) is 8.31. The molecule has 11 heavy (non-hydrogen) atoms. The van der Waals surface area contributed by atoms with E-state index in [0.717, 1.165) is 12.8 Å². The van der Waals surface area contributed by atoms with Crippen molar-refractivity contribution in [2.45, 2.75) is 32.8 Å². The van der Waals surface area contributed by atoms with Gasteiger partial charge in [-0.25, -0.2) is 4.79 Å². The zero-order valence-electron chi connectivity index (χ0n) is 7.09. The highest BCUT2D eigenvalue weighted by Gasteiger charge is 2.38. The normalized spacial score (nSPS) is 27.8. The summed E-state index contributed by atoms with van der Waals surface area (Å²) in [5.41, 5.74) is 0.492. The molecule has 62 valence electrons.